The molecule has 2 aromatic carbocycles. The summed E-state index contributed by atoms with van der Waals surface area (Å²) in [4.78, 5) is 0. The van der Waals surface area contributed by atoms with Crippen LogP contribution in [0.5, 0.6) is 0 Å². The number of benzene rings is 2. The average molecular weight is 310 g/mol. The van der Waals surface area contributed by atoms with Gasteiger partial charge in [-0.15, -0.1) is 18.3 Å². The molecule has 0 saturated carbocycles. The van der Waals surface area contributed by atoms with Crippen LogP contribution in [0, 0.1) is 0 Å². The van der Waals surface area contributed by atoms with Crippen LogP contribution in [0.15, 0.2) is 73.8 Å². The molecule has 2 heteroatoms. The first-order chi connectivity index (χ1) is 10.8. The fraction of sp³-hybridized carbons (Fsp3) is 0.200. The van der Waals surface area contributed by atoms with E-state index in [1.54, 1.807) is 11.8 Å². The Morgan fingerprint density at radius 1 is 1.05 bits per heavy atom. The topological polar surface area (TPSA) is 9.23 Å². The quantitative estimate of drug-likeness (QED) is 0.435. The summed E-state index contributed by atoms with van der Waals surface area (Å²) in [6, 6.07) is 18.4. The summed E-state index contributed by atoms with van der Waals surface area (Å²) >= 11 is 1.78. The highest BCUT2D eigenvalue weighted by Gasteiger charge is 2.19. The van der Waals surface area contributed by atoms with Gasteiger partial charge in [0.05, 0.1) is 0 Å². The number of ether oxygens (including phenoxy) is 1. The van der Waals surface area contributed by atoms with Crippen molar-refractivity contribution < 1.29 is 4.74 Å². The fourth-order valence-electron chi connectivity index (χ4n) is 2.31. The largest absolute Gasteiger partial charge is 0.351 e. The van der Waals surface area contributed by atoms with E-state index in [-0.39, 0.29) is 11.5 Å². The molecule has 0 fully saturated rings. The molecule has 22 heavy (non-hydrogen) atoms. The van der Waals surface area contributed by atoms with E-state index >= 15 is 0 Å². The normalized spacial score (nSPS) is 13.3. The Morgan fingerprint density at radius 2 is 1.73 bits per heavy atom. The Morgan fingerprint density at radius 3 is 2.36 bits per heavy atom. The number of hydrogen-bond acceptors (Lipinski definition) is 2. The van der Waals surface area contributed by atoms with Gasteiger partial charge in [0.15, 0.2) is 0 Å². The van der Waals surface area contributed by atoms with Gasteiger partial charge in [-0.2, -0.15) is 0 Å². The minimum atomic E-state index is -0.122. The summed E-state index contributed by atoms with van der Waals surface area (Å²) in [5.41, 5.74) is 3.36. The van der Waals surface area contributed by atoms with Crippen molar-refractivity contribution in [1.29, 1.82) is 0 Å². The van der Waals surface area contributed by atoms with Crippen LogP contribution in [0.1, 0.15) is 35.2 Å². The lowest BCUT2D eigenvalue weighted by molar-refractivity contribution is 0.0651. The predicted octanol–water partition coefficient (Wildman–Crippen LogP) is 6.03. The molecule has 0 aliphatic rings. The molecule has 0 aliphatic heterocycles. The average Bonchev–Trinajstić information content (AvgIpc) is 2.59. The maximum Gasteiger partial charge on any atom is 0.130 e. The Hall–Kier alpha value is -1.77. The van der Waals surface area contributed by atoms with Crippen molar-refractivity contribution in [2.24, 2.45) is 0 Å². The molecule has 0 heterocycles. The third-order valence-electron chi connectivity index (χ3n) is 3.40. The molecule has 0 aliphatic carbocycles. The van der Waals surface area contributed by atoms with E-state index < -0.39 is 0 Å². The zero-order chi connectivity index (χ0) is 15.8. The highest BCUT2D eigenvalue weighted by Crippen LogP contribution is 2.37. The highest BCUT2D eigenvalue weighted by atomic mass is 32.2. The summed E-state index contributed by atoms with van der Waals surface area (Å²) in [6.45, 7) is 9.98. The summed E-state index contributed by atoms with van der Waals surface area (Å²) < 4.78 is 6.35. The van der Waals surface area contributed by atoms with E-state index in [1.165, 1.54) is 0 Å². The maximum atomic E-state index is 6.35. The first-order valence-electron chi connectivity index (χ1n) is 7.46. The Bertz CT molecular complexity index is 606. The molecule has 0 spiro atoms. The van der Waals surface area contributed by atoms with Crippen LogP contribution in [0.25, 0.3) is 6.08 Å². The fourth-order valence-corrected chi connectivity index (χ4v) is 3.21. The van der Waals surface area contributed by atoms with Crippen molar-refractivity contribution in [1.82, 2.24) is 0 Å². The molecule has 1 nitrogen and oxygen atoms in total. The van der Waals surface area contributed by atoms with Crippen LogP contribution < -0.4 is 0 Å². The molecule has 0 aromatic heterocycles. The number of thioether (sulfide) groups is 1. The van der Waals surface area contributed by atoms with Gasteiger partial charge in [-0.05, 0) is 22.4 Å². The molecule has 2 aromatic rings. The maximum absolute atomic E-state index is 6.35. The molecule has 2 unspecified atom stereocenters. The minimum absolute atomic E-state index is 0.0394. The SMILES string of the molecule is C=Cc1ccccc1C(OC(C=C)c1ccccc1)SCC. The lowest BCUT2D eigenvalue weighted by atomic mass is 10.1. The van der Waals surface area contributed by atoms with Gasteiger partial charge in [0.2, 0.25) is 0 Å². The first kappa shape index (κ1) is 16.6. The van der Waals surface area contributed by atoms with E-state index in [0.29, 0.717) is 0 Å². The smallest absolute Gasteiger partial charge is 0.130 e. The van der Waals surface area contributed by atoms with Crippen LogP contribution in [0.2, 0.25) is 0 Å². The molecular weight excluding hydrogens is 288 g/mol. The van der Waals surface area contributed by atoms with Gasteiger partial charge in [-0.25, -0.2) is 0 Å². The summed E-state index contributed by atoms with van der Waals surface area (Å²) in [6.07, 6.45) is 3.62. The van der Waals surface area contributed by atoms with Crippen molar-refractivity contribution in [3.63, 3.8) is 0 Å². The first-order valence-corrected chi connectivity index (χ1v) is 8.51. The van der Waals surface area contributed by atoms with Crippen molar-refractivity contribution in [2.75, 3.05) is 5.75 Å². The number of rotatable bonds is 8. The van der Waals surface area contributed by atoms with Crippen molar-refractivity contribution >= 4 is 17.8 Å². The molecular formula is C20H22OS. The van der Waals surface area contributed by atoms with Crippen molar-refractivity contribution in [3.8, 4) is 0 Å². The standard InChI is InChI=1S/C20H22OS/c1-4-16-12-10-11-15-18(16)20(22-6-3)21-19(5-2)17-13-8-7-9-14-17/h4-5,7-15,19-20H,1-2,6H2,3H3. The highest BCUT2D eigenvalue weighted by molar-refractivity contribution is 7.99. The van der Waals surface area contributed by atoms with Gasteiger partial charge in [-0.3, -0.25) is 0 Å². The van der Waals surface area contributed by atoms with Crippen LogP contribution in [-0.2, 0) is 4.74 Å². The van der Waals surface area contributed by atoms with Crippen LogP contribution >= 0.6 is 11.8 Å². The van der Waals surface area contributed by atoms with Crippen molar-refractivity contribution in [3.05, 3.63) is 90.5 Å². The van der Waals surface area contributed by atoms with E-state index in [2.05, 4.69) is 44.3 Å². The third-order valence-corrected chi connectivity index (χ3v) is 4.40. The molecule has 0 N–H and O–H groups in total. The van der Waals surface area contributed by atoms with E-state index in [0.717, 1.165) is 22.4 Å². The predicted molar refractivity (Wildman–Crippen MR) is 97.9 cm³/mol. The lowest BCUT2D eigenvalue weighted by Crippen LogP contribution is -2.08. The van der Waals surface area contributed by atoms with Crippen LogP contribution in [0.3, 0.4) is 0 Å². The monoisotopic (exact) mass is 310 g/mol. The van der Waals surface area contributed by atoms with E-state index in [1.807, 2.05) is 42.5 Å². The van der Waals surface area contributed by atoms with Gasteiger partial charge in [0.1, 0.15) is 11.5 Å². The Kier molecular flexibility index (Phi) is 6.50. The molecule has 0 radical (unpaired) electrons. The second-order valence-electron chi connectivity index (χ2n) is 4.82. The summed E-state index contributed by atoms with van der Waals surface area (Å²) in [5.74, 6) is 0.981. The molecule has 0 saturated heterocycles. The van der Waals surface area contributed by atoms with Gasteiger partial charge in [0, 0.05) is 0 Å². The van der Waals surface area contributed by atoms with Crippen LogP contribution in [0.4, 0.5) is 0 Å². The molecule has 2 atom stereocenters. The molecule has 2 rings (SSSR count). The van der Waals surface area contributed by atoms with Gasteiger partial charge >= 0.3 is 0 Å². The van der Waals surface area contributed by atoms with Gasteiger partial charge in [0.25, 0.3) is 0 Å². The second-order valence-corrected chi connectivity index (χ2v) is 6.16. The van der Waals surface area contributed by atoms with Gasteiger partial charge in [-0.1, -0.05) is 80.3 Å². The zero-order valence-corrected chi connectivity index (χ0v) is 13.8. The third kappa shape index (κ3) is 4.12. The second kappa shape index (κ2) is 8.62. The van der Waals surface area contributed by atoms with E-state index in [4.69, 9.17) is 4.74 Å². The van der Waals surface area contributed by atoms with Crippen molar-refractivity contribution in [2.45, 2.75) is 18.5 Å². The summed E-state index contributed by atoms with van der Waals surface area (Å²) in [5, 5.41) is 0. The Balaban J connectivity index is 2.28. The minimum Gasteiger partial charge on any atom is -0.351 e. The lowest BCUT2D eigenvalue weighted by Gasteiger charge is -2.24. The molecule has 0 bridgehead atoms. The zero-order valence-electron chi connectivity index (χ0n) is 12.9. The molecule has 114 valence electrons. The van der Waals surface area contributed by atoms with Crippen LogP contribution in [-0.4, -0.2) is 5.75 Å². The Labute approximate surface area is 137 Å². The summed E-state index contributed by atoms with van der Waals surface area (Å²) in [7, 11) is 0. The number of hydrogen-bond donors (Lipinski definition) is 0. The molecule has 0 amide bonds. The van der Waals surface area contributed by atoms with Gasteiger partial charge < -0.3 is 4.74 Å². The van der Waals surface area contributed by atoms with E-state index in [9.17, 15) is 0 Å².